The summed E-state index contributed by atoms with van der Waals surface area (Å²) in [4.78, 5) is 19.2. The highest BCUT2D eigenvalue weighted by molar-refractivity contribution is 14.1. The molecule has 4 rings (SSSR count). The lowest BCUT2D eigenvalue weighted by Gasteiger charge is -2.06. The van der Waals surface area contributed by atoms with Gasteiger partial charge in [0, 0.05) is 29.4 Å². The molecule has 2 N–H and O–H groups in total. The molecule has 0 radical (unpaired) electrons. The van der Waals surface area contributed by atoms with E-state index in [1.165, 1.54) is 6.07 Å². The van der Waals surface area contributed by atoms with E-state index in [0.29, 0.717) is 29.1 Å². The Hall–Kier alpha value is -2.30. The molecule has 1 aliphatic rings. The van der Waals surface area contributed by atoms with Gasteiger partial charge in [0.15, 0.2) is 17.4 Å². The van der Waals surface area contributed by atoms with Gasteiger partial charge in [0.05, 0.1) is 9.26 Å². The minimum atomic E-state index is -0.0154. The zero-order valence-corrected chi connectivity index (χ0v) is 14.0. The van der Waals surface area contributed by atoms with Crippen molar-refractivity contribution in [3.8, 4) is 17.4 Å². The average molecular weight is 422 g/mol. The molecule has 0 spiro atoms. The molecular weight excluding hydrogens is 411 g/mol. The third kappa shape index (κ3) is 2.60. The molecule has 0 bridgehead atoms. The van der Waals surface area contributed by atoms with Crippen LogP contribution in [-0.2, 0) is 0 Å². The summed E-state index contributed by atoms with van der Waals surface area (Å²) in [5.74, 6) is 2.31. The summed E-state index contributed by atoms with van der Waals surface area (Å²) in [6, 6.07) is 4.96. The fourth-order valence-corrected chi connectivity index (χ4v) is 2.77. The molecule has 0 amide bonds. The summed E-state index contributed by atoms with van der Waals surface area (Å²) < 4.78 is 7.69. The number of nitrogens with two attached hydrogens (primary N) is 1. The maximum Gasteiger partial charge on any atom is 0.261 e. The van der Waals surface area contributed by atoms with Gasteiger partial charge < -0.3 is 10.2 Å². The van der Waals surface area contributed by atoms with Crippen molar-refractivity contribution >= 4 is 34.3 Å². The Morgan fingerprint density at radius 2 is 2.22 bits per heavy atom. The highest BCUT2D eigenvalue weighted by Gasteiger charge is 2.27. The third-order valence-electron chi connectivity index (χ3n) is 3.58. The lowest BCUT2D eigenvalue weighted by molar-refractivity contribution is 0.585. The Balaban J connectivity index is 1.78. The van der Waals surface area contributed by atoms with E-state index in [0.717, 1.165) is 22.1 Å². The van der Waals surface area contributed by atoms with E-state index in [9.17, 15) is 4.91 Å². The van der Waals surface area contributed by atoms with Crippen LogP contribution in [0, 0.1) is 8.48 Å². The molecular formula is C14H11IN6O2. The van der Waals surface area contributed by atoms with Crippen molar-refractivity contribution < 1.29 is 4.42 Å². The van der Waals surface area contributed by atoms with Crippen molar-refractivity contribution in [2.75, 3.05) is 5.73 Å². The molecule has 1 fully saturated rings. The Morgan fingerprint density at radius 1 is 1.39 bits per heavy atom. The van der Waals surface area contributed by atoms with Gasteiger partial charge in [0.2, 0.25) is 0 Å². The van der Waals surface area contributed by atoms with Gasteiger partial charge in [-0.15, -0.1) is 4.91 Å². The number of nitrogens with zero attached hydrogens (tertiary/aromatic N) is 5. The highest BCUT2D eigenvalue weighted by atomic mass is 127. The summed E-state index contributed by atoms with van der Waals surface area (Å²) in [7, 11) is 0. The number of rotatable bonds is 4. The Bertz CT molecular complexity index is 899. The van der Waals surface area contributed by atoms with Crippen LogP contribution in [0.4, 0.5) is 11.7 Å². The maximum absolute atomic E-state index is 10.5. The van der Waals surface area contributed by atoms with Crippen LogP contribution in [0.3, 0.4) is 0 Å². The molecule has 1 aliphatic carbocycles. The molecule has 3 heterocycles. The van der Waals surface area contributed by atoms with Crippen molar-refractivity contribution in [1.82, 2.24) is 19.7 Å². The highest BCUT2D eigenvalue weighted by Crippen LogP contribution is 2.40. The van der Waals surface area contributed by atoms with Gasteiger partial charge in [-0.2, -0.15) is 9.78 Å². The molecule has 23 heavy (non-hydrogen) atoms. The first-order chi connectivity index (χ1) is 11.2. The first-order valence-electron chi connectivity index (χ1n) is 6.97. The van der Waals surface area contributed by atoms with Crippen LogP contribution >= 0.6 is 22.6 Å². The van der Waals surface area contributed by atoms with E-state index in [4.69, 9.17) is 10.2 Å². The van der Waals surface area contributed by atoms with E-state index >= 15 is 0 Å². The number of nitroso groups, excluding NO2 is 1. The molecule has 0 aromatic carbocycles. The fraction of sp³-hybridized carbons (Fsp3) is 0.214. The largest absolute Gasteiger partial charge is 0.432 e. The molecule has 1 saturated carbocycles. The molecule has 3 aromatic rings. The van der Waals surface area contributed by atoms with Crippen LogP contribution < -0.4 is 5.73 Å². The van der Waals surface area contributed by atoms with Crippen molar-refractivity contribution in [1.29, 1.82) is 0 Å². The fourth-order valence-electron chi connectivity index (χ4n) is 2.29. The van der Waals surface area contributed by atoms with Gasteiger partial charge in [0.1, 0.15) is 5.82 Å². The van der Waals surface area contributed by atoms with Gasteiger partial charge in [-0.05, 0) is 41.5 Å². The van der Waals surface area contributed by atoms with Gasteiger partial charge in [-0.1, -0.05) is 0 Å². The smallest absolute Gasteiger partial charge is 0.261 e. The second kappa shape index (κ2) is 5.41. The monoisotopic (exact) mass is 422 g/mol. The minimum absolute atomic E-state index is 0.0154. The number of aromatic nitrogens is 4. The number of nitrogen functional groups attached to an aromatic ring is 1. The van der Waals surface area contributed by atoms with Crippen LogP contribution in [-0.4, -0.2) is 19.7 Å². The lowest BCUT2D eigenvalue weighted by atomic mass is 10.3. The molecule has 0 atom stereocenters. The van der Waals surface area contributed by atoms with Crippen molar-refractivity contribution in [2.24, 2.45) is 5.18 Å². The molecule has 0 aliphatic heterocycles. The van der Waals surface area contributed by atoms with E-state index in [2.05, 4.69) is 42.8 Å². The summed E-state index contributed by atoms with van der Waals surface area (Å²) in [5, 5.41) is 7.30. The summed E-state index contributed by atoms with van der Waals surface area (Å²) in [5.41, 5.74) is 7.07. The molecule has 0 unspecified atom stereocenters. The van der Waals surface area contributed by atoms with Gasteiger partial charge in [0.25, 0.3) is 5.88 Å². The van der Waals surface area contributed by atoms with Crippen LogP contribution in [0.15, 0.2) is 34.0 Å². The van der Waals surface area contributed by atoms with E-state index < -0.39 is 0 Å². The summed E-state index contributed by atoms with van der Waals surface area (Å²) >= 11 is 2.13. The number of furan rings is 1. The molecule has 116 valence electrons. The van der Waals surface area contributed by atoms with Crippen molar-refractivity contribution in [2.45, 2.75) is 18.8 Å². The van der Waals surface area contributed by atoms with Crippen LogP contribution in [0.25, 0.3) is 17.4 Å². The second-order valence-corrected chi connectivity index (χ2v) is 6.44. The Morgan fingerprint density at radius 3 is 2.91 bits per heavy atom. The predicted octanol–water partition coefficient (Wildman–Crippen LogP) is 3.38. The second-order valence-electron chi connectivity index (χ2n) is 5.27. The van der Waals surface area contributed by atoms with Crippen LogP contribution in [0.1, 0.15) is 24.5 Å². The molecule has 0 saturated heterocycles. The number of hydrogen-bond acceptors (Lipinski definition) is 7. The van der Waals surface area contributed by atoms with Crippen molar-refractivity contribution in [3.05, 3.63) is 38.6 Å². The lowest BCUT2D eigenvalue weighted by Crippen LogP contribution is -2.08. The molecule has 8 nitrogen and oxygen atoms in total. The van der Waals surface area contributed by atoms with E-state index in [1.54, 1.807) is 16.9 Å². The molecule has 9 heteroatoms. The zero-order valence-electron chi connectivity index (χ0n) is 11.8. The Kier molecular flexibility index (Phi) is 3.36. The number of anilines is 1. The topological polar surface area (TPSA) is 112 Å². The Labute approximate surface area is 144 Å². The number of hydrogen-bond donors (Lipinski definition) is 1. The normalized spacial score (nSPS) is 14.1. The van der Waals surface area contributed by atoms with Gasteiger partial charge >= 0.3 is 0 Å². The quantitative estimate of drug-likeness (QED) is 0.510. The maximum atomic E-state index is 10.5. The molecule has 3 aromatic heterocycles. The van der Waals surface area contributed by atoms with Gasteiger partial charge in [-0.25, -0.2) is 9.97 Å². The van der Waals surface area contributed by atoms with Crippen LogP contribution in [0.5, 0.6) is 0 Å². The minimum Gasteiger partial charge on any atom is -0.432 e. The van der Waals surface area contributed by atoms with E-state index in [1.807, 2.05) is 6.07 Å². The third-order valence-corrected chi connectivity index (χ3v) is 4.34. The first-order valence-corrected chi connectivity index (χ1v) is 8.05. The summed E-state index contributed by atoms with van der Waals surface area (Å²) in [6.07, 6.45) is 3.96. The summed E-state index contributed by atoms with van der Waals surface area (Å²) in [6.45, 7) is 0. The number of halogens is 1. The predicted molar refractivity (Wildman–Crippen MR) is 91.4 cm³/mol. The van der Waals surface area contributed by atoms with E-state index in [-0.39, 0.29) is 5.88 Å². The first kappa shape index (κ1) is 14.3. The van der Waals surface area contributed by atoms with Crippen LogP contribution in [0.2, 0.25) is 0 Å². The van der Waals surface area contributed by atoms with Gasteiger partial charge in [-0.3, -0.25) is 0 Å². The standard InChI is InChI=1S/C14H11IN6O2/c15-8-6-17-13(10-3-4-12(20-22)23-10)18-14(8)21-11(16)5-9(19-21)7-1-2-7/h3-7H,1-2,16H2. The zero-order chi connectivity index (χ0) is 16.0. The van der Waals surface area contributed by atoms with Crippen molar-refractivity contribution in [3.63, 3.8) is 0 Å². The average Bonchev–Trinajstić information content (AvgIpc) is 3.16. The SMILES string of the molecule is Nc1cc(C2CC2)nn1-c1nc(-c2ccc(N=O)o2)ncc1I.